The van der Waals surface area contributed by atoms with Crippen LogP contribution in [-0.4, -0.2) is 34.1 Å². The van der Waals surface area contributed by atoms with Gasteiger partial charge in [-0.25, -0.2) is 0 Å². The molecule has 118 valence electrons. The summed E-state index contributed by atoms with van der Waals surface area (Å²) in [7, 11) is 1.32. The van der Waals surface area contributed by atoms with Gasteiger partial charge in [-0.3, -0.25) is 0 Å². The van der Waals surface area contributed by atoms with Gasteiger partial charge in [0.1, 0.15) is 0 Å². The van der Waals surface area contributed by atoms with Crippen molar-refractivity contribution in [1.29, 1.82) is 0 Å². The van der Waals surface area contributed by atoms with E-state index in [1.54, 1.807) is 28.1 Å². The highest BCUT2D eigenvalue weighted by Gasteiger charge is 2.54. The molecular weight excluding hydrogens is 276 g/mol. The summed E-state index contributed by atoms with van der Waals surface area (Å²) in [6, 6.07) is 3.10. The minimum absolute atomic E-state index is 0.390. The van der Waals surface area contributed by atoms with Gasteiger partial charge in [-0.1, -0.05) is 20.8 Å². The molecule has 0 amide bonds. The van der Waals surface area contributed by atoms with Crippen LogP contribution >= 0.6 is 0 Å². The van der Waals surface area contributed by atoms with Gasteiger partial charge >= 0.3 is 5.95 Å². The number of rotatable bonds is 7. The molecule has 0 bridgehead atoms. The Morgan fingerprint density at radius 3 is 1.90 bits per heavy atom. The first-order valence-corrected chi connectivity index (χ1v) is 9.73. The molecular formula is C14H28O5Si. The normalized spacial score (nSPS) is 30.2. The third kappa shape index (κ3) is 2.97. The summed E-state index contributed by atoms with van der Waals surface area (Å²) in [6.45, 7) is 10.0. The number of methoxy groups -OCH3 is 2. The largest absolute Gasteiger partial charge is 0.517 e. The molecule has 0 aliphatic carbocycles. The van der Waals surface area contributed by atoms with Crippen LogP contribution < -0.4 is 0 Å². The molecule has 1 aliphatic heterocycles. The lowest BCUT2D eigenvalue weighted by atomic mass is 10.1. The topological polar surface area (TPSA) is 46.2 Å². The number of hydrogen-bond donors (Lipinski definition) is 0. The maximum atomic E-state index is 6.18. The molecule has 1 aliphatic rings. The molecule has 0 aromatic heterocycles. The molecule has 0 N–H and O–H groups in total. The van der Waals surface area contributed by atoms with Crippen molar-refractivity contribution in [3.05, 3.63) is 12.2 Å². The summed E-state index contributed by atoms with van der Waals surface area (Å²) in [4.78, 5) is 0. The van der Waals surface area contributed by atoms with Crippen molar-refractivity contribution >= 4 is 8.32 Å². The Morgan fingerprint density at radius 2 is 1.50 bits per heavy atom. The Hall–Kier alpha value is -0.723. The molecule has 0 aromatic rings. The van der Waals surface area contributed by atoms with Crippen LogP contribution in [0.4, 0.5) is 0 Å². The Morgan fingerprint density at radius 1 is 1.00 bits per heavy atom. The van der Waals surface area contributed by atoms with Crippen molar-refractivity contribution in [2.75, 3.05) is 14.2 Å². The highest BCUT2D eigenvalue weighted by Crippen LogP contribution is 2.39. The van der Waals surface area contributed by atoms with E-state index in [1.165, 1.54) is 6.26 Å². The van der Waals surface area contributed by atoms with Gasteiger partial charge in [0.2, 0.25) is 0 Å². The fourth-order valence-electron chi connectivity index (χ4n) is 2.26. The molecule has 1 rings (SSSR count). The fraction of sp³-hybridized carbons (Fsp3) is 0.857. The number of hydrogen-bond acceptors (Lipinski definition) is 5. The lowest BCUT2D eigenvalue weighted by molar-refractivity contribution is -0.385. The van der Waals surface area contributed by atoms with Crippen molar-refractivity contribution in [1.82, 2.24) is 0 Å². The SMILES string of the molecule is CC[Si](CC)(CC)OC1=COC(C)(OC)C(C)(OC)O1. The van der Waals surface area contributed by atoms with Gasteiger partial charge in [0.25, 0.3) is 19.9 Å². The Balaban J connectivity index is 2.95. The van der Waals surface area contributed by atoms with E-state index in [0.29, 0.717) is 5.95 Å². The molecule has 5 nitrogen and oxygen atoms in total. The lowest BCUT2D eigenvalue weighted by Crippen LogP contribution is -2.58. The zero-order chi connectivity index (χ0) is 15.4. The maximum Gasteiger partial charge on any atom is 0.304 e. The van der Waals surface area contributed by atoms with Crippen molar-refractivity contribution < 1.29 is 23.4 Å². The average Bonchev–Trinajstić information content (AvgIpc) is 2.48. The van der Waals surface area contributed by atoms with Gasteiger partial charge in [0.15, 0.2) is 6.26 Å². The first-order chi connectivity index (χ1) is 9.34. The molecule has 0 aromatic carbocycles. The van der Waals surface area contributed by atoms with Crippen LogP contribution in [0.2, 0.25) is 18.1 Å². The molecule has 2 unspecified atom stereocenters. The van der Waals surface area contributed by atoms with Gasteiger partial charge in [0, 0.05) is 28.1 Å². The predicted molar refractivity (Wildman–Crippen MR) is 79.4 cm³/mol. The van der Waals surface area contributed by atoms with E-state index in [-0.39, 0.29) is 0 Å². The molecule has 20 heavy (non-hydrogen) atoms. The first-order valence-electron chi connectivity index (χ1n) is 7.20. The quantitative estimate of drug-likeness (QED) is 0.673. The van der Waals surface area contributed by atoms with Gasteiger partial charge < -0.3 is 23.4 Å². The van der Waals surface area contributed by atoms with Crippen molar-refractivity contribution in [3.8, 4) is 0 Å². The van der Waals surface area contributed by atoms with Crippen LogP contribution in [0.25, 0.3) is 0 Å². The molecule has 0 fully saturated rings. The second-order valence-corrected chi connectivity index (χ2v) is 9.99. The standard InChI is InChI=1S/C14H28O5Si/c1-8-20(9-2,10-3)19-12-11-17-13(4,15-6)14(5,16-7)18-12/h11H,8-10H2,1-7H3. The van der Waals surface area contributed by atoms with Crippen LogP contribution in [0, 0.1) is 0 Å². The maximum absolute atomic E-state index is 6.18. The Bertz CT molecular complexity index is 347. The van der Waals surface area contributed by atoms with Crippen LogP contribution in [0.1, 0.15) is 34.6 Å². The second kappa shape index (κ2) is 6.36. The van der Waals surface area contributed by atoms with Gasteiger partial charge in [-0.15, -0.1) is 0 Å². The Labute approximate surface area is 123 Å². The van der Waals surface area contributed by atoms with Crippen LogP contribution in [0.3, 0.4) is 0 Å². The van der Waals surface area contributed by atoms with Crippen molar-refractivity contribution in [3.63, 3.8) is 0 Å². The van der Waals surface area contributed by atoms with E-state index in [0.717, 1.165) is 18.1 Å². The number of ether oxygens (including phenoxy) is 4. The van der Waals surface area contributed by atoms with Gasteiger partial charge in [0.05, 0.1) is 0 Å². The van der Waals surface area contributed by atoms with E-state index < -0.39 is 19.9 Å². The highest BCUT2D eigenvalue weighted by molar-refractivity contribution is 6.73. The minimum atomic E-state index is -1.81. The molecule has 6 heteroatoms. The zero-order valence-corrected chi connectivity index (χ0v) is 14.7. The molecule has 0 saturated carbocycles. The van der Waals surface area contributed by atoms with Crippen molar-refractivity contribution in [2.45, 2.75) is 64.3 Å². The average molecular weight is 304 g/mol. The molecule has 0 radical (unpaired) electrons. The third-order valence-electron chi connectivity index (χ3n) is 4.53. The monoisotopic (exact) mass is 304 g/mol. The molecule has 2 atom stereocenters. The summed E-state index contributed by atoms with van der Waals surface area (Å²) >= 11 is 0. The van der Waals surface area contributed by atoms with E-state index in [1.807, 2.05) is 0 Å². The van der Waals surface area contributed by atoms with Gasteiger partial charge in [-0.2, -0.15) is 0 Å². The van der Waals surface area contributed by atoms with E-state index in [4.69, 9.17) is 23.4 Å². The molecule has 0 saturated heterocycles. The fourth-order valence-corrected chi connectivity index (χ4v) is 4.71. The summed E-state index contributed by atoms with van der Waals surface area (Å²) in [5.41, 5.74) is 0. The van der Waals surface area contributed by atoms with Crippen molar-refractivity contribution in [2.24, 2.45) is 0 Å². The van der Waals surface area contributed by atoms with Gasteiger partial charge in [-0.05, 0) is 18.1 Å². The summed E-state index contributed by atoms with van der Waals surface area (Å²) < 4.78 is 28.6. The van der Waals surface area contributed by atoms with E-state index in [2.05, 4.69) is 20.8 Å². The lowest BCUT2D eigenvalue weighted by Gasteiger charge is -2.46. The molecule has 1 heterocycles. The summed E-state index contributed by atoms with van der Waals surface area (Å²) in [6.07, 6.45) is 1.49. The summed E-state index contributed by atoms with van der Waals surface area (Å²) in [5.74, 6) is -1.67. The van der Waals surface area contributed by atoms with Crippen LogP contribution in [0.5, 0.6) is 0 Å². The van der Waals surface area contributed by atoms with Crippen LogP contribution in [-0.2, 0) is 23.4 Å². The first kappa shape index (κ1) is 17.3. The van der Waals surface area contributed by atoms with Crippen LogP contribution in [0.15, 0.2) is 12.2 Å². The second-order valence-electron chi connectivity index (χ2n) is 5.30. The van der Waals surface area contributed by atoms with E-state index >= 15 is 0 Å². The smallest absolute Gasteiger partial charge is 0.304 e. The molecule has 0 spiro atoms. The highest BCUT2D eigenvalue weighted by atomic mass is 28.4. The predicted octanol–water partition coefficient (Wildman–Crippen LogP) is 3.58. The minimum Gasteiger partial charge on any atom is -0.517 e. The third-order valence-corrected chi connectivity index (χ3v) is 9.03. The Kier molecular flexibility index (Phi) is 5.51. The van der Waals surface area contributed by atoms with E-state index in [9.17, 15) is 0 Å². The zero-order valence-electron chi connectivity index (χ0n) is 13.7. The summed E-state index contributed by atoms with van der Waals surface area (Å²) in [5, 5.41) is 0.